The molecule has 1 aliphatic rings. The second-order valence-corrected chi connectivity index (χ2v) is 3.40. The average molecular weight is 196 g/mol. The summed E-state index contributed by atoms with van der Waals surface area (Å²) < 4.78 is 5.44. The summed E-state index contributed by atoms with van der Waals surface area (Å²) in [6.45, 7) is 2.55. The van der Waals surface area contributed by atoms with Crippen molar-refractivity contribution >= 4 is 5.97 Å². The van der Waals surface area contributed by atoms with Crippen LogP contribution in [-0.4, -0.2) is 27.7 Å². The van der Waals surface area contributed by atoms with Gasteiger partial charge in [0, 0.05) is 12.3 Å². The van der Waals surface area contributed by atoms with Gasteiger partial charge in [-0.05, 0) is 19.8 Å². The number of H-pyrrole nitrogens is 1. The zero-order valence-corrected chi connectivity index (χ0v) is 7.91. The third kappa shape index (κ3) is 1.50. The topological polar surface area (TPSA) is 75.2 Å². The largest absolute Gasteiger partial charge is 0.475 e. The third-order valence-electron chi connectivity index (χ3n) is 2.36. The fourth-order valence-corrected chi connectivity index (χ4v) is 1.68. The number of aromatic carboxylic acids is 1. The Morgan fingerprint density at radius 2 is 2.50 bits per heavy atom. The van der Waals surface area contributed by atoms with E-state index in [1.54, 1.807) is 0 Å². The summed E-state index contributed by atoms with van der Waals surface area (Å²) in [4.78, 5) is 17.4. The van der Waals surface area contributed by atoms with Crippen LogP contribution >= 0.6 is 0 Å². The Balaban J connectivity index is 2.28. The molecule has 0 saturated carbocycles. The van der Waals surface area contributed by atoms with Crippen LogP contribution in [0.5, 0.6) is 0 Å². The van der Waals surface area contributed by atoms with Crippen LogP contribution in [0, 0.1) is 6.92 Å². The molecule has 0 spiro atoms. The normalized spacial score (nSPS) is 21.4. The predicted molar refractivity (Wildman–Crippen MR) is 48.2 cm³/mol. The van der Waals surface area contributed by atoms with Gasteiger partial charge in [-0.1, -0.05) is 0 Å². The quantitative estimate of drug-likeness (QED) is 0.746. The molecule has 5 heteroatoms. The first-order valence-corrected chi connectivity index (χ1v) is 4.60. The van der Waals surface area contributed by atoms with Gasteiger partial charge in [-0.25, -0.2) is 9.78 Å². The number of nitrogens with zero attached hydrogens (tertiary/aromatic N) is 1. The standard InChI is InChI=1S/C9H12N2O3/c1-5-7(6-3-2-4-14-6)11-8(10-5)9(12)13/h6H,2-4H2,1H3,(H,10,11)(H,12,13). The Morgan fingerprint density at radius 3 is 3.00 bits per heavy atom. The van der Waals surface area contributed by atoms with Crippen molar-refractivity contribution < 1.29 is 14.6 Å². The first kappa shape index (κ1) is 9.21. The van der Waals surface area contributed by atoms with Crippen molar-refractivity contribution in [3.05, 3.63) is 17.2 Å². The molecule has 0 aromatic carbocycles. The molecule has 2 N–H and O–H groups in total. The van der Waals surface area contributed by atoms with Gasteiger partial charge in [0.15, 0.2) is 0 Å². The minimum Gasteiger partial charge on any atom is -0.475 e. The van der Waals surface area contributed by atoms with E-state index >= 15 is 0 Å². The first-order valence-electron chi connectivity index (χ1n) is 4.60. The van der Waals surface area contributed by atoms with Crippen LogP contribution in [0.25, 0.3) is 0 Å². The fraction of sp³-hybridized carbons (Fsp3) is 0.556. The number of hydrogen-bond acceptors (Lipinski definition) is 3. The monoisotopic (exact) mass is 196 g/mol. The molecule has 2 heterocycles. The van der Waals surface area contributed by atoms with Gasteiger partial charge >= 0.3 is 5.97 Å². The predicted octanol–water partition coefficient (Wildman–Crippen LogP) is 1.27. The molecule has 0 bridgehead atoms. The Labute approximate surface area is 81.1 Å². The van der Waals surface area contributed by atoms with Crippen LogP contribution in [0.15, 0.2) is 0 Å². The number of aromatic amines is 1. The van der Waals surface area contributed by atoms with Crippen molar-refractivity contribution in [3.63, 3.8) is 0 Å². The van der Waals surface area contributed by atoms with Gasteiger partial charge in [-0.3, -0.25) is 0 Å². The van der Waals surface area contributed by atoms with Gasteiger partial charge in [0.2, 0.25) is 5.82 Å². The average Bonchev–Trinajstić information content (AvgIpc) is 2.71. The molecule has 5 nitrogen and oxygen atoms in total. The van der Waals surface area contributed by atoms with E-state index in [0.29, 0.717) is 0 Å². The van der Waals surface area contributed by atoms with E-state index in [4.69, 9.17) is 9.84 Å². The van der Waals surface area contributed by atoms with Crippen molar-refractivity contribution in [2.45, 2.75) is 25.9 Å². The molecule has 1 atom stereocenters. The molecule has 14 heavy (non-hydrogen) atoms. The number of ether oxygens (including phenoxy) is 1. The minimum absolute atomic E-state index is 0.00648. The number of nitrogens with one attached hydrogen (secondary N) is 1. The van der Waals surface area contributed by atoms with Crippen LogP contribution in [0.3, 0.4) is 0 Å². The molecule has 0 radical (unpaired) electrons. The van der Waals surface area contributed by atoms with E-state index in [1.807, 2.05) is 6.92 Å². The highest BCUT2D eigenvalue weighted by Crippen LogP contribution is 2.28. The molecule has 1 aliphatic heterocycles. The highest BCUT2D eigenvalue weighted by Gasteiger charge is 2.24. The van der Waals surface area contributed by atoms with E-state index in [1.165, 1.54) is 0 Å². The maximum atomic E-state index is 10.6. The van der Waals surface area contributed by atoms with Gasteiger partial charge in [0.25, 0.3) is 0 Å². The molecule has 1 fully saturated rings. The third-order valence-corrected chi connectivity index (χ3v) is 2.36. The minimum atomic E-state index is -1.03. The summed E-state index contributed by atoms with van der Waals surface area (Å²) in [6.07, 6.45) is 1.91. The molecule has 1 saturated heterocycles. The van der Waals surface area contributed by atoms with Crippen molar-refractivity contribution in [1.29, 1.82) is 0 Å². The lowest BCUT2D eigenvalue weighted by Gasteiger charge is -2.05. The summed E-state index contributed by atoms with van der Waals surface area (Å²) >= 11 is 0. The number of aryl methyl sites for hydroxylation is 1. The van der Waals surface area contributed by atoms with Gasteiger partial charge < -0.3 is 14.8 Å². The van der Waals surface area contributed by atoms with Crippen molar-refractivity contribution in [2.24, 2.45) is 0 Å². The van der Waals surface area contributed by atoms with Gasteiger partial charge in [-0.2, -0.15) is 0 Å². The van der Waals surface area contributed by atoms with Crippen LogP contribution in [0.2, 0.25) is 0 Å². The smallest absolute Gasteiger partial charge is 0.371 e. The lowest BCUT2D eigenvalue weighted by Crippen LogP contribution is -2.01. The molecule has 1 aromatic rings. The maximum Gasteiger partial charge on any atom is 0.371 e. The summed E-state index contributed by atoms with van der Waals surface area (Å²) in [5.74, 6) is -1.04. The molecular formula is C9H12N2O3. The number of rotatable bonds is 2. The van der Waals surface area contributed by atoms with Gasteiger partial charge in [0.1, 0.15) is 6.10 Å². The Kier molecular flexibility index (Phi) is 2.25. The SMILES string of the molecule is Cc1[nH]c(C(=O)O)nc1C1CCCO1. The second-order valence-electron chi connectivity index (χ2n) is 3.40. The number of carboxylic acids is 1. The highest BCUT2D eigenvalue weighted by molar-refractivity contribution is 5.83. The summed E-state index contributed by atoms with van der Waals surface area (Å²) in [5, 5.41) is 8.73. The zero-order chi connectivity index (χ0) is 10.1. The summed E-state index contributed by atoms with van der Waals surface area (Å²) in [7, 11) is 0. The van der Waals surface area contributed by atoms with E-state index in [0.717, 1.165) is 30.8 Å². The first-order chi connectivity index (χ1) is 6.68. The molecule has 1 aromatic heterocycles. The molecule has 0 aliphatic carbocycles. The zero-order valence-electron chi connectivity index (χ0n) is 7.91. The van der Waals surface area contributed by atoms with Crippen LogP contribution in [0.1, 0.15) is 41.0 Å². The number of carbonyl (C=O) groups is 1. The lowest BCUT2D eigenvalue weighted by atomic mass is 10.1. The summed E-state index contributed by atoms with van der Waals surface area (Å²) in [6, 6.07) is 0. The Bertz CT molecular complexity index is 353. The van der Waals surface area contributed by atoms with Gasteiger partial charge in [0.05, 0.1) is 5.69 Å². The second kappa shape index (κ2) is 3.42. The van der Waals surface area contributed by atoms with E-state index in [2.05, 4.69) is 9.97 Å². The van der Waals surface area contributed by atoms with Crippen LogP contribution < -0.4 is 0 Å². The number of carboxylic acid groups (broad SMARTS) is 1. The fourth-order valence-electron chi connectivity index (χ4n) is 1.68. The number of hydrogen-bond donors (Lipinski definition) is 2. The van der Waals surface area contributed by atoms with Crippen LogP contribution in [-0.2, 0) is 4.74 Å². The molecular weight excluding hydrogens is 184 g/mol. The molecule has 1 unspecified atom stereocenters. The van der Waals surface area contributed by atoms with E-state index in [-0.39, 0.29) is 11.9 Å². The molecule has 2 rings (SSSR count). The Morgan fingerprint density at radius 1 is 1.71 bits per heavy atom. The van der Waals surface area contributed by atoms with Crippen molar-refractivity contribution in [1.82, 2.24) is 9.97 Å². The Hall–Kier alpha value is -1.36. The lowest BCUT2D eigenvalue weighted by molar-refractivity contribution is 0.0683. The van der Waals surface area contributed by atoms with E-state index in [9.17, 15) is 4.79 Å². The molecule has 0 amide bonds. The van der Waals surface area contributed by atoms with E-state index < -0.39 is 5.97 Å². The van der Waals surface area contributed by atoms with Gasteiger partial charge in [-0.15, -0.1) is 0 Å². The number of imidazole rings is 1. The number of aromatic nitrogens is 2. The van der Waals surface area contributed by atoms with Crippen LogP contribution in [0.4, 0.5) is 0 Å². The highest BCUT2D eigenvalue weighted by atomic mass is 16.5. The van der Waals surface area contributed by atoms with Crippen molar-refractivity contribution in [2.75, 3.05) is 6.61 Å². The molecule has 76 valence electrons. The van der Waals surface area contributed by atoms with Crippen molar-refractivity contribution in [3.8, 4) is 0 Å². The summed E-state index contributed by atoms with van der Waals surface area (Å²) in [5.41, 5.74) is 1.52. The maximum absolute atomic E-state index is 10.6.